The summed E-state index contributed by atoms with van der Waals surface area (Å²) < 4.78 is 1.23. The first-order chi connectivity index (χ1) is 8.28. The Balaban J connectivity index is 1.68. The largest absolute Gasteiger partial charge is 0.310 e. The third kappa shape index (κ3) is 4.36. The summed E-state index contributed by atoms with van der Waals surface area (Å²) in [6, 6.07) is 2.92. The second kappa shape index (κ2) is 6.88. The fourth-order valence-corrected chi connectivity index (χ4v) is 3.59. The zero-order chi connectivity index (χ0) is 12.1. The van der Waals surface area contributed by atoms with Gasteiger partial charge in [-0.05, 0) is 71.8 Å². The maximum atomic E-state index is 3.67. The van der Waals surface area contributed by atoms with Gasteiger partial charge in [0, 0.05) is 12.6 Å². The molecule has 1 aromatic rings. The molecule has 0 amide bonds. The summed E-state index contributed by atoms with van der Waals surface area (Å²) in [5.41, 5.74) is 1.40. The highest BCUT2D eigenvalue weighted by Crippen LogP contribution is 2.21. The smallest absolute Gasteiger partial charge is 0.0701 e. The summed E-state index contributed by atoms with van der Waals surface area (Å²) in [5, 5.41) is 5.90. The maximum absolute atomic E-state index is 3.67. The number of piperidine rings is 1. The Morgan fingerprint density at radius 3 is 2.82 bits per heavy atom. The number of thiophene rings is 1. The lowest BCUT2D eigenvalue weighted by atomic mass is 10.0. The Hall–Kier alpha value is 0.100. The third-order valence-electron chi connectivity index (χ3n) is 3.34. The molecule has 0 radical (unpaired) electrons. The number of hydrogen-bond donors (Lipinski definition) is 1. The minimum Gasteiger partial charge on any atom is -0.310 e. The molecule has 2 nitrogen and oxygen atoms in total. The Bertz CT molecular complexity index is 332. The molecule has 0 aliphatic carbocycles. The standard InChI is InChI=1S/C13H21BrN2S/c1-2-5-16-6-3-12(4-7-16)15-9-11-8-13(14)17-10-11/h8,10,12,15H,2-7,9H2,1H3. The van der Waals surface area contributed by atoms with Crippen LogP contribution in [0.1, 0.15) is 31.7 Å². The van der Waals surface area contributed by atoms with Crippen LogP contribution in [0.5, 0.6) is 0 Å². The van der Waals surface area contributed by atoms with Crippen molar-refractivity contribution in [3.63, 3.8) is 0 Å². The predicted molar refractivity (Wildman–Crippen MR) is 78.6 cm³/mol. The van der Waals surface area contributed by atoms with Gasteiger partial charge in [-0.15, -0.1) is 11.3 Å². The highest BCUT2D eigenvalue weighted by molar-refractivity contribution is 9.11. The SMILES string of the molecule is CCCN1CCC(NCc2csc(Br)c2)CC1. The molecule has 4 heteroatoms. The van der Waals surface area contributed by atoms with E-state index in [1.54, 1.807) is 11.3 Å². The van der Waals surface area contributed by atoms with Crippen molar-refractivity contribution in [2.24, 2.45) is 0 Å². The first-order valence-corrected chi connectivity index (χ1v) is 8.14. The molecule has 96 valence electrons. The van der Waals surface area contributed by atoms with Crippen molar-refractivity contribution in [2.45, 2.75) is 38.8 Å². The van der Waals surface area contributed by atoms with E-state index in [0.29, 0.717) is 6.04 Å². The van der Waals surface area contributed by atoms with Gasteiger partial charge in [0.05, 0.1) is 3.79 Å². The number of rotatable bonds is 5. The molecule has 2 heterocycles. The first kappa shape index (κ1) is 13.5. The van der Waals surface area contributed by atoms with Crippen LogP contribution in [0.15, 0.2) is 15.2 Å². The summed E-state index contributed by atoms with van der Waals surface area (Å²) >= 11 is 5.27. The Kier molecular flexibility index (Phi) is 5.48. The van der Waals surface area contributed by atoms with Crippen LogP contribution in [-0.2, 0) is 6.54 Å². The highest BCUT2D eigenvalue weighted by Gasteiger charge is 2.17. The molecule has 2 rings (SSSR count). The molecular weight excluding hydrogens is 296 g/mol. The van der Waals surface area contributed by atoms with Gasteiger partial charge in [0.25, 0.3) is 0 Å². The van der Waals surface area contributed by atoms with Crippen molar-refractivity contribution in [1.29, 1.82) is 0 Å². The van der Waals surface area contributed by atoms with Gasteiger partial charge in [-0.2, -0.15) is 0 Å². The van der Waals surface area contributed by atoms with Crippen molar-refractivity contribution in [3.05, 3.63) is 20.8 Å². The third-order valence-corrected chi connectivity index (χ3v) is 4.90. The van der Waals surface area contributed by atoms with Gasteiger partial charge in [-0.1, -0.05) is 6.92 Å². The van der Waals surface area contributed by atoms with Gasteiger partial charge in [-0.3, -0.25) is 0 Å². The van der Waals surface area contributed by atoms with Crippen LogP contribution in [0.2, 0.25) is 0 Å². The van der Waals surface area contributed by atoms with Crippen LogP contribution < -0.4 is 5.32 Å². The van der Waals surface area contributed by atoms with Gasteiger partial charge in [0.1, 0.15) is 0 Å². The van der Waals surface area contributed by atoms with Gasteiger partial charge in [0.2, 0.25) is 0 Å². The molecule has 0 bridgehead atoms. The minimum absolute atomic E-state index is 0.710. The Morgan fingerprint density at radius 2 is 2.24 bits per heavy atom. The second-order valence-corrected chi connectivity index (χ2v) is 7.05. The number of nitrogens with one attached hydrogen (secondary N) is 1. The van der Waals surface area contributed by atoms with Crippen LogP contribution in [0.3, 0.4) is 0 Å². The number of nitrogens with zero attached hydrogens (tertiary/aromatic N) is 1. The Labute approximate surface area is 117 Å². The lowest BCUT2D eigenvalue weighted by Gasteiger charge is -2.32. The molecule has 1 saturated heterocycles. The molecule has 0 atom stereocenters. The monoisotopic (exact) mass is 316 g/mol. The fraction of sp³-hybridized carbons (Fsp3) is 0.692. The molecule has 0 spiro atoms. The van der Waals surface area contributed by atoms with E-state index in [2.05, 4.69) is 44.5 Å². The maximum Gasteiger partial charge on any atom is 0.0701 e. The molecule has 1 aliphatic heterocycles. The van der Waals surface area contributed by atoms with E-state index in [4.69, 9.17) is 0 Å². The van der Waals surface area contributed by atoms with Crippen LogP contribution in [0.25, 0.3) is 0 Å². The van der Waals surface area contributed by atoms with Crippen molar-refractivity contribution in [3.8, 4) is 0 Å². The molecule has 0 unspecified atom stereocenters. The van der Waals surface area contributed by atoms with E-state index >= 15 is 0 Å². The second-order valence-electron chi connectivity index (χ2n) is 4.76. The average molecular weight is 317 g/mol. The molecule has 1 aliphatic rings. The summed E-state index contributed by atoms with van der Waals surface area (Å²) in [7, 11) is 0. The fourth-order valence-electron chi connectivity index (χ4n) is 2.38. The van der Waals surface area contributed by atoms with Crippen LogP contribution in [0.4, 0.5) is 0 Å². The number of likely N-dealkylation sites (tertiary alicyclic amines) is 1. The molecular formula is C13H21BrN2S. The van der Waals surface area contributed by atoms with E-state index < -0.39 is 0 Å². The van der Waals surface area contributed by atoms with E-state index in [-0.39, 0.29) is 0 Å². The molecule has 1 aromatic heterocycles. The molecule has 0 saturated carbocycles. The number of hydrogen-bond acceptors (Lipinski definition) is 3. The van der Waals surface area contributed by atoms with E-state index in [1.165, 1.54) is 48.2 Å². The van der Waals surface area contributed by atoms with Gasteiger partial charge in [-0.25, -0.2) is 0 Å². The molecule has 0 aromatic carbocycles. The van der Waals surface area contributed by atoms with Gasteiger partial charge < -0.3 is 10.2 Å². The average Bonchev–Trinajstić information content (AvgIpc) is 2.75. The van der Waals surface area contributed by atoms with Crippen LogP contribution in [0, 0.1) is 0 Å². The molecule has 1 N–H and O–H groups in total. The number of halogens is 1. The van der Waals surface area contributed by atoms with E-state index in [9.17, 15) is 0 Å². The normalized spacial score (nSPS) is 18.7. The van der Waals surface area contributed by atoms with E-state index in [1.807, 2.05) is 0 Å². The molecule has 1 fully saturated rings. The Morgan fingerprint density at radius 1 is 1.47 bits per heavy atom. The van der Waals surface area contributed by atoms with Crippen molar-refractivity contribution in [2.75, 3.05) is 19.6 Å². The van der Waals surface area contributed by atoms with Crippen LogP contribution >= 0.6 is 27.3 Å². The lowest BCUT2D eigenvalue weighted by molar-refractivity contribution is 0.197. The topological polar surface area (TPSA) is 15.3 Å². The van der Waals surface area contributed by atoms with Crippen molar-refractivity contribution >= 4 is 27.3 Å². The van der Waals surface area contributed by atoms with Crippen LogP contribution in [-0.4, -0.2) is 30.6 Å². The first-order valence-electron chi connectivity index (χ1n) is 6.46. The quantitative estimate of drug-likeness (QED) is 0.894. The molecule has 17 heavy (non-hydrogen) atoms. The highest BCUT2D eigenvalue weighted by atomic mass is 79.9. The summed E-state index contributed by atoms with van der Waals surface area (Å²) in [4.78, 5) is 2.58. The summed E-state index contributed by atoms with van der Waals surface area (Å²) in [5.74, 6) is 0. The summed E-state index contributed by atoms with van der Waals surface area (Å²) in [6.45, 7) is 7.07. The van der Waals surface area contributed by atoms with Gasteiger partial charge >= 0.3 is 0 Å². The van der Waals surface area contributed by atoms with E-state index in [0.717, 1.165) is 6.54 Å². The zero-order valence-corrected chi connectivity index (χ0v) is 12.8. The van der Waals surface area contributed by atoms with Gasteiger partial charge in [0.15, 0.2) is 0 Å². The minimum atomic E-state index is 0.710. The summed E-state index contributed by atoms with van der Waals surface area (Å²) in [6.07, 6.45) is 3.87. The lowest BCUT2D eigenvalue weighted by Crippen LogP contribution is -2.42. The predicted octanol–water partition coefficient (Wildman–Crippen LogP) is 3.47. The van der Waals surface area contributed by atoms with Crippen molar-refractivity contribution < 1.29 is 0 Å². The van der Waals surface area contributed by atoms with Crippen molar-refractivity contribution in [1.82, 2.24) is 10.2 Å². The zero-order valence-electron chi connectivity index (χ0n) is 10.4.